The first-order valence-corrected chi connectivity index (χ1v) is 12.0. The summed E-state index contributed by atoms with van der Waals surface area (Å²) in [6, 6.07) is 7.70. The van der Waals surface area contributed by atoms with Crippen LogP contribution in [-0.2, 0) is 14.9 Å². The molecule has 7 heteroatoms. The molecule has 2 N–H and O–H groups in total. The van der Waals surface area contributed by atoms with E-state index in [1.165, 1.54) is 0 Å². The van der Waals surface area contributed by atoms with Crippen molar-refractivity contribution < 1.29 is 13.3 Å². The zero-order valence-electron chi connectivity index (χ0n) is 16.9. The summed E-state index contributed by atoms with van der Waals surface area (Å²) in [5, 5.41) is 0.682. The lowest BCUT2D eigenvalue weighted by molar-refractivity contribution is 0.122. The molecule has 2 heterocycles. The van der Waals surface area contributed by atoms with Crippen LogP contribution in [0.1, 0.15) is 69.5 Å². The van der Waals surface area contributed by atoms with E-state index in [2.05, 4.69) is 10.2 Å². The predicted octanol–water partition coefficient (Wildman–Crippen LogP) is 3.99. The lowest BCUT2D eigenvalue weighted by Crippen LogP contribution is -2.32. The van der Waals surface area contributed by atoms with Gasteiger partial charge in [0.05, 0.1) is 16.5 Å². The van der Waals surface area contributed by atoms with Gasteiger partial charge in [0.15, 0.2) is 0 Å². The Balaban J connectivity index is 1.67. The minimum atomic E-state index is -3.65. The van der Waals surface area contributed by atoms with Gasteiger partial charge in [0.25, 0.3) is 0 Å². The minimum absolute atomic E-state index is 0.0163. The number of allylic oxidation sites excluding steroid dienone is 1. The van der Waals surface area contributed by atoms with Crippen LogP contribution in [0.15, 0.2) is 34.9 Å². The van der Waals surface area contributed by atoms with Crippen LogP contribution in [0.2, 0.25) is 0 Å². The van der Waals surface area contributed by atoms with Crippen molar-refractivity contribution in [3.8, 4) is 0 Å². The Morgan fingerprint density at radius 3 is 2.55 bits per heavy atom. The van der Waals surface area contributed by atoms with Crippen LogP contribution in [0.25, 0.3) is 16.5 Å². The number of hydroxylamine groups is 1. The van der Waals surface area contributed by atoms with Gasteiger partial charge in [-0.2, -0.15) is 0 Å². The first-order valence-electron chi connectivity index (χ1n) is 10.5. The van der Waals surface area contributed by atoms with Crippen LogP contribution < -0.4 is 10.2 Å². The van der Waals surface area contributed by atoms with Gasteiger partial charge in [-0.1, -0.05) is 12.8 Å². The minimum Gasteiger partial charge on any atom is -0.413 e. The van der Waals surface area contributed by atoms with Crippen LogP contribution >= 0.6 is 0 Å². The smallest absolute Gasteiger partial charge is 0.241 e. The molecule has 1 aromatic carbocycles. The molecule has 3 aliphatic rings. The third kappa shape index (κ3) is 3.56. The first-order chi connectivity index (χ1) is 13.9. The molecule has 5 rings (SSSR count). The summed E-state index contributed by atoms with van der Waals surface area (Å²) >= 11 is 0. The second-order valence-electron chi connectivity index (χ2n) is 8.57. The van der Waals surface area contributed by atoms with E-state index in [9.17, 15) is 8.42 Å². The molecule has 1 unspecified atom stereocenters. The highest BCUT2D eigenvalue weighted by molar-refractivity contribution is 7.89. The Bertz CT molecular complexity index is 1100. The van der Waals surface area contributed by atoms with Crippen molar-refractivity contribution in [3.05, 3.63) is 41.3 Å². The molecule has 2 saturated carbocycles. The molecule has 1 aromatic heterocycles. The van der Waals surface area contributed by atoms with Crippen LogP contribution in [0, 0.1) is 0 Å². The lowest BCUT2D eigenvalue weighted by atomic mass is 9.98. The maximum Gasteiger partial charge on any atom is 0.241 e. The monoisotopic (exact) mass is 413 g/mol. The zero-order chi connectivity index (χ0) is 20.2. The fourth-order valence-corrected chi connectivity index (χ4v) is 6.12. The van der Waals surface area contributed by atoms with Gasteiger partial charge < -0.3 is 4.84 Å². The standard InChI is InChI=1S/C22H27N3O3S/c1-13-22(14(2)28-24-13)16-11-20-18(9-10-19(23-20)15-7-8-15)21(12-16)29(26,27)25-17-5-3-4-6-17/h9-13,15,17,24-25H,3-8H2,1-2H3. The van der Waals surface area contributed by atoms with Gasteiger partial charge in [0, 0.05) is 28.6 Å². The van der Waals surface area contributed by atoms with Crippen molar-refractivity contribution >= 4 is 26.5 Å². The molecule has 0 bridgehead atoms. The summed E-state index contributed by atoms with van der Waals surface area (Å²) in [4.78, 5) is 10.7. The number of rotatable bonds is 5. The highest BCUT2D eigenvalue weighted by Gasteiger charge is 2.30. The Kier molecular flexibility index (Phi) is 4.64. The van der Waals surface area contributed by atoms with Crippen molar-refractivity contribution in [2.45, 2.75) is 75.3 Å². The fourth-order valence-electron chi connectivity index (χ4n) is 4.58. The molecular weight excluding hydrogens is 386 g/mol. The van der Waals surface area contributed by atoms with Gasteiger partial charge in [-0.15, -0.1) is 5.48 Å². The summed E-state index contributed by atoms with van der Waals surface area (Å²) in [6.07, 6.45) is 6.27. The normalized spacial score (nSPS) is 23.2. The van der Waals surface area contributed by atoms with Crippen LogP contribution in [0.3, 0.4) is 0 Å². The number of aromatic nitrogens is 1. The molecule has 1 aliphatic heterocycles. The molecule has 0 amide bonds. The van der Waals surface area contributed by atoms with Gasteiger partial charge in [-0.05, 0) is 69.4 Å². The van der Waals surface area contributed by atoms with E-state index < -0.39 is 10.0 Å². The SMILES string of the molecule is CC1=C(c2cc(S(=O)(=O)NC3CCCC3)c3ccc(C4CC4)nc3c2)C(C)NO1. The summed E-state index contributed by atoms with van der Waals surface area (Å²) in [5.41, 5.74) is 6.58. The molecule has 29 heavy (non-hydrogen) atoms. The van der Waals surface area contributed by atoms with Gasteiger partial charge in [-0.3, -0.25) is 4.98 Å². The Hall–Kier alpha value is -1.96. The van der Waals surface area contributed by atoms with Crippen molar-refractivity contribution in [2.75, 3.05) is 0 Å². The van der Waals surface area contributed by atoms with Crippen molar-refractivity contribution in [2.24, 2.45) is 0 Å². The first kappa shape index (κ1) is 19.0. The lowest BCUT2D eigenvalue weighted by Gasteiger charge is -2.17. The van der Waals surface area contributed by atoms with E-state index in [0.29, 0.717) is 16.2 Å². The van der Waals surface area contributed by atoms with E-state index in [1.54, 1.807) is 6.07 Å². The van der Waals surface area contributed by atoms with E-state index >= 15 is 0 Å². The summed E-state index contributed by atoms with van der Waals surface area (Å²) in [6.45, 7) is 3.91. The molecule has 2 aliphatic carbocycles. The number of nitrogens with zero attached hydrogens (tertiary/aromatic N) is 1. The molecular formula is C22H27N3O3S. The number of fused-ring (bicyclic) bond motifs is 1. The van der Waals surface area contributed by atoms with Gasteiger partial charge in [0.2, 0.25) is 10.0 Å². The summed E-state index contributed by atoms with van der Waals surface area (Å²) in [5.74, 6) is 1.28. The van der Waals surface area contributed by atoms with Crippen LogP contribution in [0.5, 0.6) is 0 Å². The van der Waals surface area contributed by atoms with Gasteiger partial charge in [0.1, 0.15) is 5.76 Å². The molecule has 0 saturated heterocycles. The fraction of sp³-hybridized carbons (Fsp3) is 0.500. The number of hydrogen-bond acceptors (Lipinski definition) is 5. The highest BCUT2D eigenvalue weighted by Crippen LogP contribution is 2.40. The summed E-state index contributed by atoms with van der Waals surface area (Å²) in [7, 11) is -3.65. The van der Waals surface area contributed by atoms with Crippen LogP contribution in [0.4, 0.5) is 0 Å². The topological polar surface area (TPSA) is 80.3 Å². The number of sulfonamides is 1. The summed E-state index contributed by atoms with van der Waals surface area (Å²) < 4.78 is 29.7. The van der Waals surface area contributed by atoms with E-state index in [0.717, 1.165) is 66.6 Å². The maximum absolute atomic E-state index is 13.4. The van der Waals surface area contributed by atoms with E-state index in [4.69, 9.17) is 9.82 Å². The van der Waals surface area contributed by atoms with Gasteiger partial charge in [-0.25, -0.2) is 13.1 Å². The maximum atomic E-state index is 13.4. The largest absolute Gasteiger partial charge is 0.413 e. The average molecular weight is 414 g/mol. The second kappa shape index (κ2) is 7.07. The molecule has 2 fully saturated rings. The van der Waals surface area contributed by atoms with Gasteiger partial charge >= 0.3 is 0 Å². The van der Waals surface area contributed by atoms with Crippen molar-refractivity contribution in [1.29, 1.82) is 0 Å². The molecule has 0 spiro atoms. The highest BCUT2D eigenvalue weighted by atomic mass is 32.2. The second-order valence-corrected chi connectivity index (χ2v) is 10.2. The molecule has 2 aromatic rings. The molecule has 0 radical (unpaired) electrons. The van der Waals surface area contributed by atoms with Crippen molar-refractivity contribution in [3.63, 3.8) is 0 Å². The van der Waals surface area contributed by atoms with E-state index in [1.807, 2.05) is 32.0 Å². The Labute approximate surface area is 171 Å². The predicted molar refractivity (Wildman–Crippen MR) is 113 cm³/mol. The number of hydrogen-bond donors (Lipinski definition) is 2. The third-order valence-corrected chi connectivity index (χ3v) is 7.83. The molecule has 154 valence electrons. The van der Waals surface area contributed by atoms with E-state index in [-0.39, 0.29) is 12.1 Å². The number of nitrogens with one attached hydrogen (secondary N) is 2. The number of pyridine rings is 1. The molecule has 1 atom stereocenters. The zero-order valence-corrected chi connectivity index (χ0v) is 17.7. The quantitative estimate of drug-likeness (QED) is 0.775. The Morgan fingerprint density at radius 2 is 1.90 bits per heavy atom. The van der Waals surface area contributed by atoms with Crippen molar-refractivity contribution in [1.82, 2.24) is 15.2 Å². The van der Waals surface area contributed by atoms with Crippen LogP contribution in [-0.4, -0.2) is 25.5 Å². The third-order valence-electron chi connectivity index (χ3n) is 6.26. The number of benzene rings is 1. The average Bonchev–Trinajstić information content (AvgIpc) is 3.33. The molecule has 6 nitrogen and oxygen atoms in total. The Morgan fingerprint density at radius 1 is 1.14 bits per heavy atom.